The summed E-state index contributed by atoms with van der Waals surface area (Å²) in [6.07, 6.45) is -5.18. The molecule has 0 saturated heterocycles. The number of nitriles is 1. The van der Waals surface area contributed by atoms with Crippen molar-refractivity contribution in [2.75, 3.05) is 5.73 Å². The third-order valence-electron chi connectivity index (χ3n) is 1.86. The van der Waals surface area contributed by atoms with E-state index in [-0.39, 0.29) is 30.0 Å². The van der Waals surface area contributed by atoms with Crippen molar-refractivity contribution in [3.8, 4) is 11.8 Å². The van der Waals surface area contributed by atoms with E-state index in [0.29, 0.717) is 0 Å². The van der Waals surface area contributed by atoms with Crippen LogP contribution in [0, 0.1) is 11.3 Å². The molecule has 1 aromatic heterocycles. The first kappa shape index (κ1) is 13.1. The van der Waals surface area contributed by atoms with Gasteiger partial charge in [-0.05, 0) is 0 Å². The van der Waals surface area contributed by atoms with Gasteiger partial charge in [-0.1, -0.05) is 0 Å². The molecule has 0 aliphatic heterocycles. The minimum Gasteiger partial charge on any atom is -0.405 e. The van der Waals surface area contributed by atoms with Crippen molar-refractivity contribution in [2.45, 2.75) is 19.3 Å². The van der Waals surface area contributed by atoms with E-state index < -0.39 is 12.1 Å². The molecule has 0 aliphatic carbocycles. The van der Waals surface area contributed by atoms with Gasteiger partial charge in [0, 0.05) is 12.6 Å². The number of pyridine rings is 1. The molecule has 5 nitrogen and oxygen atoms in total. The first-order valence-corrected chi connectivity index (χ1v) is 4.48. The van der Waals surface area contributed by atoms with E-state index >= 15 is 0 Å². The van der Waals surface area contributed by atoms with E-state index in [1.54, 1.807) is 6.07 Å². The highest BCUT2D eigenvalue weighted by atomic mass is 19.4. The van der Waals surface area contributed by atoms with Crippen molar-refractivity contribution in [1.82, 2.24) is 4.98 Å². The van der Waals surface area contributed by atoms with E-state index in [2.05, 4.69) is 9.72 Å². The van der Waals surface area contributed by atoms with Crippen molar-refractivity contribution in [3.05, 3.63) is 17.3 Å². The first-order valence-electron chi connectivity index (χ1n) is 4.48. The fraction of sp³-hybridized carbons (Fsp3) is 0.333. The van der Waals surface area contributed by atoms with E-state index in [9.17, 15) is 13.2 Å². The van der Waals surface area contributed by atoms with E-state index in [4.69, 9.17) is 16.7 Å². The number of nitrogens with zero attached hydrogens (tertiary/aromatic N) is 2. The minimum atomic E-state index is -4.86. The number of halogens is 3. The number of ether oxygens (including phenoxy) is 1. The Hall–Kier alpha value is -2.01. The largest absolute Gasteiger partial charge is 0.573 e. The van der Waals surface area contributed by atoms with Crippen LogP contribution in [-0.2, 0) is 13.0 Å². The standard InChI is InChI=1S/C9H9F3N4O/c10-9(11,12)17-7-3-5(4-14)16-8(15)6(7)1-2-13/h3H,1,4,14H2,(H2,15,16). The maximum absolute atomic E-state index is 12.1. The molecule has 0 aliphatic rings. The number of nitrogen functional groups attached to an aromatic ring is 1. The lowest BCUT2D eigenvalue weighted by molar-refractivity contribution is -0.274. The van der Waals surface area contributed by atoms with Gasteiger partial charge in [-0.3, -0.25) is 0 Å². The van der Waals surface area contributed by atoms with Gasteiger partial charge < -0.3 is 16.2 Å². The Bertz CT molecular complexity index is 453. The number of alkyl halides is 3. The lowest BCUT2D eigenvalue weighted by Crippen LogP contribution is -2.19. The van der Waals surface area contributed by atoms with Crippen molar-refractivity contribution in [1.29, 1.82) is 5.26 Å². The van der Waals surface area contributed by atoms with Crippen LogP contribution in [0.25, 0.3) is 0 Å². The number of nitrogens with two attached hydrogens (primary N) is 2. The second kappa shape index (κ2) is 4.88. The van der Waals surface area contributed by atoms with E-state index in [1.165, 1.54) is 0 Å². The molecule has 0 aromatic carbocycles. The molecule has 17 heavy (non-hydrogen) atoms. The molecule has 1 rings (SSSR count). The molecule has 0 saturated carbocycles. The van der Waals surface area contributed by atoms with E-state index in [1.807, 2.05) is 0 Å². The average Bonchev–Trinajstić information content (AvgIpc) is 2.20. The zero-order chi connectivity index (χ0) is 13.1. The summed E-state index contributed by atoms with van der Waals surface area (Å²) in [6.45, 7) is -0.0781. The molecular formula is C9H9F3N4O. The Morgan fingerprint density at radius 3 is 2.59 bits per heavy atom. The molecular weight excluding hydrogens is 237 g/mol. The number of rotatable bonds is 3. The molecule has 1 aromatic rings. The second-order valence-corrected chi connectivity index (χ2v) is 3.06. The summed E-state index contributed by atoms with van der Waals surface area (Å²) in [5.41, 5.74) is 10.8. The molecule has 0 bridgehead atoms. The third-order valence-corrected chi connectivity index (χ3v) is 1.86. The van der Waals surface area contributed by atoms with Crippen LogP contribution in [0.3, 0.4) is 0 Å². The van der Waals surface area contributed by atoms with Crippen LogP contribution in [0.15, 0.2) is 6.07 Å². The van der Waals surface area contributed by atoms with E-state index in [0.717, 1.165) is 6.07 Å². The van der Waals surface area contributed by atoms with Crippen LogP contribution in [0.5, 0.6) is 5.75 Å². The van der Waals surface area contributed by atoms with Crippen LogP contribution in [0.2, 0.25) is 0 Å². The Morgan fingerprint density at radius 1 is 1.47 bits per heavy atom. The topological polar surface area (TPSA) is 97.9 Å². The molecule has 0 spiro atoms. The lowest BCUT2D eigenvalue weighted by atomic mass is 10.1. The Kier molecular flexibility index (Phi) is 3.75. The normalized spacial score (nSPS) is 11.0. The van der Waals surface area contributed by atoms with Crippen LogP contribution in [0.4, 0.5) is 19.0 Å². The fourth-order valence-electron chi connectivity index (χ4n) is 1.20. The van der Waals surface area contributed by atoms with Gasteiger partial charge in [-0.25, -0.2) is 4.98 Å². The first-order chi connectivity index (χ1) is 7.87. The van der Waals surface area contributed by atoms with Crippen LogP contribution in [-0.4, -0.2) is 11.3 Å². The van der Waals surface area contributed by atoms with Gasteiger partial charge in [0.2, 0.25) is 0 Å². The molecule has 4 N–H and O–H groups in total. The molecule has 1 heterocycles. The number of hydrogen-bond donors (Lipinski definition) is 2. The van der Waals surface area contributed by atoms with Gasteiger partial charge in [0.25, 0.3) is 0 Å². The van der Waals surface area contributed by atoms with Crippen molar-refractivity contribution >= 4 is 5.82 Å². The highest BCUT2D eigenvalue weighted by molar-refractivity contribution is 5.51. The van der Waals surface area contributed by atoms with Gasteiger partial charge in [0.1, 0.15) is 11.6 Å². The third kappa shape index (κ3) is 3.49. The average molecular weight is 246 g/mol. The number of anilines is 1. The molecule has 0 fully saturated rings. The summed E-state index contributed by atoms with van der Waals surface area (Å²) >= 11 is 0. The summed E-state index contributed by atoms with van der Waals surface area (Å²) in [6, 6.07) is 2.71. The molecule has 8 heteroatoms. The van der Waals surface area contributed by atoms with Crippen LogP contribution < -0.4 is 16.2 Å². The van der Waals surface area contributed by atoms with Crippen LogP contribution >= 0.6 is 0 Å². The van der Waals surface area contributed by atoms with Crippen molar-refractivity contribution in [2.24, 2.45) is 5.73 Å². The minimum absolute atomic E-state index is 0.0781. The summed E-state index contributed by atoms with van der Waals surface area (Å²) in [5, 5.41) is 8.50. The summed E-state index contributed by atoms with van der Waals surface area (Å²) < 4.78 is 40.2. The predicted molar refractivity (Wildman–Crippen MR) is 52.5 cm³/mol. The molecule has 0 radical (unpaired) electrons. The monoisotopic (exact) mass is 246 g/mol. The quantitative estimate of drug-likeness (QED) is 0.831. The zero-order valence-electron chi connectivity index (χ0n) is 8.58. The van der Waals surface area contributed by atoms with Gasteiger partial charge in [-0.2, -0.15) is 5.26 Å². The van der Waals surface area contributed by atoms with Gasteiger partial charge in [0.15, 0.2) is 0 Å². The Labute approximate surface area is 94.8 Å². The predicted octanol–water partition coefficient (Wildman–Crippen LogP) is 1.09. The molecule has 0 atom stereocenters. The number of aromatic nitrogens is 1. The maximum atomic E-state index is 12.1. The van der Waals surface area contributed by atoms with Gasteiger partial charge >= 0.3 is 6.36 Å². The molecule has 92 valence electrons. The summed E-state index contributed by atoms with van der Waals surface area (Å²) in [5.74, 6) is -0.722. The summed E-state index contributed by atoms with van der Waals surface area (Å²) in [7, 11) is 0. The fourth-order valence-corrected chi connectivity index (χ4v) is 1.20. The molecule has 0 amide bonds. The van der Waals surface area contributed by atoms with Crippen molar-refractivity contribution < 1.29 is 17.9 Å². The highest BCUT2D eigenvalue weighted by Gasteiger charge is 2.32. The number of hydrogen-bond acceptors (Lipinski definition) is 5. The second-order valence-electron chi connectivity index (χ2n) is 3.06. The Balaban J connectivity index is 3.23. The van der Waals surface area contributed by atoms with Gasteiger partial charge in [-0.15, -0.1) is 13.2 Å². The van der Waals surface area contributed by atoms with Crippen molar-refractivity contribution in [3.63, 3.8) is 0 Å². The maximum Gasteiger partial charge on any atom is 0.573 e. The SMILES string of the molecule is N#CCc1c(OC(F)(F)F)cc(CN)nc1N. The smallest absolute Gasteiger partial charge is 0.405 e. The zero-order valence-corrected chi connectivity index (χ0v) is 8.58. The summed E-state index contributed by atoms with van der Waals surface area (Å²) in [4.78, 5) is 3.76. The molecule has 0 unspecified atom stereocenters. The van der Waals surface area contributed by atoms with Gasteiger partial charge in [0.05, 0.1) is 23.7 Å². The lowest BCUT2D eigenvalue weighted by Gasteiger charge is -2.14. The highest BCUT2D eigenvalue weighted by Crippen LogP contribution is 2.30. The van der Waals surface area contributed by atoms with Crippen LogP contribution in [0.1, 0.15) is 11.3 Å². The Morgan fingerprint density at radius 2 is 2.12 bits per heavy atom.